The number of nitrogens with zero attached hydrogens (tertiary/aromatic N) is 4. The molecule has 0 aliphatic heterocycles. The number of H-pyrrole nitrogens is 1. The van der Waals surface area contributed by atoms with Crippen LogP contribution in [0.1, 0.15) is 45.7 Å². The summed E-state index contributed by atoms with van der Waals surface area (Å²) in [4.78, 5) is 22.2. The van der Waals surface area contributed by atoms with E-state index < -0.39 is 0 Å². The largest absolute Gasteiger partial charge is 0.352 e. The van der Waals surface area contributed by atoms with Gasteiger partial charge in [-0.05, 0) is 52.8 Å². The van der Waals surface area contributed by atoms with E-state index in [1.807, 2.05) is 26.8 Å². The number of nitrogens with one attached hydrogen (secondary N) is 2. The van der Waals surface area contributed by atoms with Crippen molar-refractivity contribution in [2.45, 2.75) is 59.3 Å². The molecule has 2 heterocycles. The molecule has 2 aromatic heterocycles. The lowest BCUT2D eigenvalue weighted by atomic mass is 10.1. The van der Waals surface area contributed by atoms with E-state index in [9.17, 15) is 4.79 Å². The molecule has 0 spiro atoms. The van der Waals surface area contributed by atoms with Crippen LogP contribution in [0.5, 0.6) is 0 Å². The predicted octanol–water partition coefficient (Wildman–Crippen LogP) is 3.33. The molecule has 0 saturated carbocycles. The van der Waals surface area contributed by atoms with Crippen molar-refractivity contribution in [2.75, 3.05) is 12.4 Å². The average Bonchev–Trinajstić information content (AvgIpc) is 3.05. The Bertz CT molecular complexity index is 1010. The minimum absolute atomic E-state index is 0.184. The van der Waals surface area contributed by atoms with Gasteiger partial charge in [-0.1, -0.05) is 24.3 Å². The number of aromatic nitrogens is 4. The molecule has 0 saturated heterocycles. The number of anilines is 1. The molecule has 1 aromatic carbocycles. The minimum Gasteiger partial charge on any atom is -0.352 e. The SMILES string of the molecule is CC(C)N(C)Cc1ccccc1CNc1nc2c(cnn2C(C)(C)C)c(=O)[nH]1. The highest BCUT2D eigenvalue weighted by Crippen LogP contribution is 2.19. The summed E-state index contributed by atoms with van der Waals surface area (Å²) in [6, 6.07) is 8.81. The Labute approximate surface area is 165 Å². The fraction of sp³-hybridized carbons (Fsp3) is 0.476. The highest BCUT2D eigenvalue weighted by Gasteiger charge is 2.20. The molecular formula is C21H30N6O. The Hall–Kier alpha value is -2.67. The van der Waals surface area contributed by atoms with Gasteiger partial charge in [-0.25, -0.2) is 4.68 Å². The highest BCUT2D eigenvalue weighted by molar-refractivity contribution is 5.74. The zero-order chi connectivity index (χ0) is 20.5. The molecule has 0 fully saturated rings. The Balaban J connectivity index is 1.86. The van der Waals surface area contributed by atoms with Crippen LogP contribution in [0.3, 0.4) is 0 Å². The first-order chi connectivity index (χ1) is 13.2. The molecule has 0 unspecified atom stereocenters. The summed E-state index contributed by atoms with van der Waals surface area (Å²) in [5.74, 6) is 0.454. The first kappa shape index (κ1) is 20.1. The molecule has 3 rings (SSSR count). The fourth-order valence-corrected chi connectivity index (χ4v) is 3.01. The van der Waals surface area contributed by atoms with E-state index in [2.05, 4.69) is 64.4 Å². The first-order valence-corrected chi connectivity index (χ1v) is 9.66. The van der Waals surface area contributed by atoms with Crippen molar-refractivity contribution in [1.82, 2.24) is 24.6 Å². The molecule has 0 atom stereocenters. The Morgan fingerprint density at radius 3 is 2.54 bits per heavy atom. The second-order valence-electron chi connectivity index (χ2n) is 8.51. The van der Waals surface area contributed by atoms with Crippen LogP contribution in [-0.2, 0) is 18.6 Å². The van der Waals surface area contributed by atoms with Crippen LogP contribution >= 0.6 is 0 Å². The Kier molecular flexibility index (Phi) is 5.56. The fourth-order valence-electron chi connectivity index (χ4n) is 3.01. The third kappa shape index (κ3) is 4.25. The van der Waals surface area contributed by atoms with Crippen molar-refractivity contribution >= 4 is 17.0 Å². The topological polar surface area (TPSA) is 78.8 Å². The van der Waals surface area contributed by atoms with Crippen LogP contribution < -0.4 is 10.9 Å². The van der Waals surface area contributed by atoms with Crippen molar-refractivity contribution in [3.8, 4) is 0 Å². The lowest BCUT2D eigenvalue weighted by Gasteiger charge is -2.22. The zero-order valence-corrected chi connectivity index (χ0v) is 17.6. The van der Waals surface area contributed by atoms with Gasteiger partial charge in [0, 0.05) is 19.1 Å². The summed E-state index contributed by atoms with van der Waals surface area (Å²) < 4.78 is 1.79. The number of hydrogen-bond acceptors (Lipinski definition) is 5. The summed E-state index contributed by atoms with van der Waals surface area (Å²) in [6.45, 7) is 11.9. The number of hydrogen-bond donors (Lipinski definition) is 2. The van der Waals surface area contributed by atoms with Crippen LogP contribution in [0.15, 0.2) is 35.3 Å². The molecule has 3 aromatic rings. The molecule has 150 valence electrons. The lowest BCUT2D eigenvalue weighted by Crippen LogP contribution is -2.26. The van der Waals surface area contributed by atoms with Crippen molar-refractivity contribution in [1.29, 1.82) is 0 Å². The van der Waals surface area contributed by atoms with E-state index in [-0.39, 0.29) is 11.1 Å². The highest BCUT2D eigenvalue weighted by atomic mass is 16.1. The van der Waals surface area contributed by atoms with E-state index >= 15 is 0 Å². The van der Waals surface area contributed by atoms with Gasteiger partial charge >= 0.3 is 0 Å². The van der Waals surface area contributed by atoms with Crippen LogP contribution in [0.25, 0.3) is 11.0 Å². The molecule has 2 N–H and O–H groups in total. The summed E-state index contributed by atoms with van der Waals surface area (Å²) in [6.07, 6.45) is 1.58. The second-order valence-corrected chi connectivity index (χ2v) is 8.51. The first-order valence-electron chi connectivity index (χ1n) is 9.66. The van der Waals surface area contributed by atoms with Crippen LogP contribution in [0.4, 0.5) is 5.95 Å². The van der Waals surface area contributed by atoms with Gasteiger partial charge < -0.3 is 5.32 Å². The smallest absolute Gasteiger partial charge is 0.263 e. The molecular weight excluding hydrogens is 352 g/mol. The molecule has 0 amide bonds. The summed E-state index contributed by atoms with van der Waals surface area (Å²) in [5.41, 5.74) is 2.59. The summed E-state index contributed by atoms with van der Waals surface area (Å²) >= 11 is 0. The van der Waals surface area contributed by atoms with Gasteiger partial charge in [0.1, 0.15) is 5.39 Å². The molecule has 0 radical (unpaired) electrons. The van der Waals surface area contributed by atoms with Crippen LogP contribution in [-0.4, -0.2) is 37.7 Å². The predicted molar refractivity (Wildman–Crippen MR) is 114 cm³/mol. The van der Waals surface area contributed by atoms with E-state index in [1.165, 1.54) is 11.1 Å². The molecule has 0 aliphatic carbocycles. The summed E-state index contributed by atoms with van der Waals surface area (Å²) in [7, 11) is 2.12. The molecule has 28 heavy (non-hydrogen) atoms. The van der Waals surface area contributed by atoms with Crippen LogP contribution in [0, 0.1) is 0 Å². The van der Waals surface area contributed by atoms with E-state index in [0.717, 1.165) is 6.54 Å². The maximum atomic E-state index is 12.4. The third-order valence-corrected chi connectivity index (χ3v) is 4.94. The van der Waals surface area contributed by atoms with Gasteiger partial charge in [-0.3, -0.25) is 14.7 Å². The molecule has 7 heteroatoms. The van der Waals surface area contributed by atoms with Crippen molar-refractivity contribution < 1.29 is 0 Å². The maximum Gasteiger partial charge on any atom is 0.263 e. The van der Waals surface area contributed by atoms with Gasteiger partial charge in [-0.15, -0.1) is 0 Å². The second kappa shape index (κ2) is 7.75. The number of fused-ring (bicyclic) bond motifs is 1. The molecule has 0 aliphatic rings. The van der Waals surface area contributed by atoms with Gasteiger partial charge in [0.05, 0.1) is 11.7 Å². The van der Waals surface area contributed by atoms with E-state index in [0.29, 0.717) is 29.6 Å². The lowest BCUT2D eigenvalue weighted by molar-refractivity contribution is 0.265. The third-order valence-electron chi connectivity index (χ3n) is 4.94. The van der Waals surface area contributed by atoms with Gasteiger partial charge in [-0.2, -0.15) is 10.1 Å². The average molecular weight is 383 g/mol. The van der Waals surface area contributed by atoms with Gasteiger partial charge in [0.15, 0.2) is 5.65 Å². The van der Waals surface area contributed by atoms with Gasteiger partial charge in [0.2, 0.25) is 5.95 Å². The molecule has 0 bridgehead atoms. The van der Waals surface area contributed by atoms with Crippen LogP contribution in [0.2, 0.25) is 0 Å². The number of rotatable bonds is 6. The number of benzene rings is 1. The van der Waals surface area contributed by atoms with E-state index in [1.54, 1.807) is 10.9 Å². The quantitative estimate of drug-likeness (QED) is 0.684. The van der Waals surface area contributed by atoms with E-state index in [4.69, 9.17) is 0 Å². The van der Waals surface area contributed by atoms with Crippen molar-refractivity contribution in [3.05, 3.63) is 51.9 Å². The standard InChI is InChI=1S/C21H30N6O/c1-14(2)26(6)13-16-10-8-7-9-15(16)11-22-20-24-18-17(19(28)25-20)12-23-27(18)21(3,4)5/h7-10,12,14H,11,13H2,1-6H3,(H2,22,24,25,28). The minimum atomic E-state index is -0.256. The van der Waals surface area contributed by atoms with Gasteiger partial charge in [0.25, 0.3) is 5.56 Å². The normalized spacial score (nSPS) is 12.3. The maximum absolute atomic E-state index is 12.4. The Morgan fingerprint density at radius 1 is 1.21 bits per heavy atom. The van der Waals surface area contributed by atoms with Crippen molar-refractivity contribution in [3.63, 3.8) is 0 Å². The monoisotopic (exact) mass is 382 g/mol. The number of aromatic amines is 1. The van der Waals surface area contributed by atoms with Crippen molar-refractivity contribution in [2.24, 2.45) is 0 Å². The molecule has 7 nitrogen and oxygen atoms in total. The summed E-state index contributed by atoms with van der Waals surface area (Å²) in [5, 5.41) is 8.13. The zero-order valence-electron chi connectivity index (χ0n) is 17.6. The Morgan fingerprint density at radius 2 is 1.89 bits per heavy atom.